The predicted octanol–water partition coefficient (Wildman–Crippen LogP) is 3.26. The quantitative estimate of drug-likeness (QED) is 0.158. The number of aliphatic hydroxyl groups excluding tert-OH is 2. The third-order valence-corrected chi connectivity index (χ3v) is 7.46. The van der Waals surface area contributed by atoms with E-state index in [9.17, 15) is 25.3 Å². The van der Waals surface area contributed by atoms with Crippen LogP contribution in [0, 0.1) is 12.1 Å². The molecule has 1 saturated heterocycles. The highest BCUT2D eigenvalue weighted by molar-refractivity contribution is 6.19. The normalized spacial score (nSPS) is 24.3. The zero-order valence-corrected chi connectivity index (χ0v) is 22.0. The van der Waals surface area contributed by atoms with E-state index in [1.807, 2.05) is 6.92 Å². The van der Waals surface area contributed by atoms with Gasteiger partial charge in [-0.2, -0.15) is 0 Å². The molecule has 1 aliphatic rings. The van der Waals surface area contributed by atoms with E-state index < -0.39 is 40.7 Å². The maximum absolute atomic E-state index is 13.3. The van der Waals surface area contributed by atoms with E-state index in [4.69, 9.17) is 18.6 Å². The molecule has 0 bridgehead atoms. The van der Waals surface area contributed by atoms with Gasteiger partial charge >= 0.3 is 5.63 Å². The van der Waals surface area contributed by atoms with Crippen LogP contribution in [0.25, 0.3) is 32.5 Å². The molecule has 10 heteroatoms. The second kappa shape index (κ2) is 9.11. The van der Waals surface area contributed by atoms with Gasteiger partial charge in [-0.05, 0) is 49.2 Å². The van der Waals surface area contributed by atoms with Gasteiger partial charge in [0, 0.05) is 16.2 Å². The van der Waals surface area contributed by atoms with Crippen molar-refractivity contribution in [1.29, 1.82) is 0 Å². The number of aliphatic hydroxyl groups is 2. The van der Waals surface area contributed by atoms with Crippen LogP contribution in [0.2, 0.25) is 0 Å². The third kappa shape index (κ3) is 3.88. The standard InChI is InChI=1S/C28H31NO9/c1-12-9-16-20(18(10-12)35-5)15-11-19(36-6)22-17(30)8-7-14(21(22)26(15)38-28(16)33)27-25(32)23(29(3,4)34)24(31)13(2)37-27/h7-11,13,23-25,27,30-32H,1-6H3/t13-,23+,24+,25-,27+/m1/s1. The number of benzene rings is 3. The lowest BCUT2D eigenvalue weighted by Gasteiger charge is -2.51. The summed E-state index contributed by atoms with van der Waals surface area (Å²) in [5, 5.41) is 47.8. The van der Waals surface area contributed by atoms with Crippen molar-refractivity contribution in [3.8, 4) is 17.2 Å². The van der Waals surface area contributed by atoms with Crippen molar-refractivity contribution >= 4 is 32.5 Å². The van der Waals surface area contributed by atoms with Crippen LogP contribution < -0.4 is 15.1 Å². The number of hydrogen-bond donors (Lipinski definition) is 3. The Morgan fingerprint density at radius 2 is 1.61 bits per heavy atom. The maximum Gasteiger partial charge on any atom is 0.344 e. The second-order valence-corrected chi connectivity index (χ2v) is 10.3. The topological polar surface area (TPSA) is 142 Å². The molecule has 4 aromatic rings. The van der Waals surface area contributed by atoms with E-state index in [-0.39, 0.29) is 22.1 Å². The Morgan fingerprint density at radius 3 is 2.24 bits per heavy atom. The Bertz CT molecular complexity index is 1620. The molecule has 3 N–H and O–H groups in total. The molecule has 1 aliphatic heterocycles. The van der Waals surface area contributed by atoms with Crippen LogP contribution in [0.1, 0.15) is 24.2 Å². The van der Waals surface area contributed by atoms with E-state index in [2.05, 4.69) is 0 Å². The first kappa shape index (κ1) is 26.2. The molecule has 5 rings (SSSR count). The van der Waals surface area contributed by atoms with Crippen LogP contribution in [0.3, 0.4) is 0 Å². The Labute approximate surface area is 218 Å². The molecule has 0 saturated carbocycles. The number of ether oxygens (including phenoxy) is 3. The van der Waals surface area contributed by atoms with E-state index in [1.54, 1.807) is 31.2 Å². The van der Waals surface area contributed by atoms with Crippen LogP contribution in [-0.4, -0.2) is 72.6 Å². The molecular formula is C28H31NO9. The predicted molar refractivity (Wildman–Crippen MR) is 142 cm³/mol. The van der Waals surface area contributed by atoms with Gasteiger partial charge in [0.1, 0.15) is 47.2 Å². The van der Waals surface area contributed by atoms with Crippen LogP contribution in [0.5, 0.6) is 17.2 Å². The number of aryl methyl sites for hydroxylation is 1. The van der Waals surface area contributed by atoms with Gasteiger partial charge in [0.05, 0.1) is 45.2 Å². The van der Waals surface area contributed by atoms with E-state index >= 15 is 0 Å². The SMILES string of the molecule is COc1cc2c(oc(=O)c3cc(C)cc(OC)c32)c2c([C@@H]3O[C@H](C)[C@H](O)[C@H]([N+](C)(C)[O-])[C@H]3O)ccc(O)c12. The van der Waals surface area contributed by atoms with E-state index in [0.29, 0.717) is 33.2 Å². The highest BCUT2D eigenvalue weighted by Crippen LogP contribution is 2.47. The Hall–Kier alpha value is -3.41. The highest BCUT2D eigenvalue weighted by Gasteiger charge is 2.49. The fourth-order valence-electron chi connectivity index (χ4n) is 5.74. The van der Waals surface area contributed by atoms with Gasteiger partial charge in [-0.3, -0.25) is 0 Å². The van der Waals surface area contributed by atoms with E-state index in [1.165, 1.54) is 34.4 Å². The van der Waals surface area contributed by atoms with Gasteiger partial charge in [0.15, 0.2) is 0 Å². The van der Waals surface area contributed by atoms with Crippen molar-refractivity contribution in [3.05, 3.63) is 57.1 Å². The Balaban J connectivity index is 1.93. The van der Waals surface area contributed by atoms with Gasteiger partial charge < -0.3 is 43.8 Å². The fourth-order valence-corrected chi connectivity index (χ4v) is 5.74. The van der Waals surface area contributed by atoms with Crippen LogP contribution >= 0.6 is 0 Å². The number of fused-ring (bicyclic) bond motifs is 5. The molecule has 0 radical (unpaired) electrons. The summed E-state index contributed by atoms with van der Waals surface area (Å²) in [7, 11) is 5.65. The van der Waals surface area contributed by atoms with Crippen molar-refractivity contribution < 1.29 is 38.6 Å². The van der Waals surface area contributed by atoms with Crippen molar-refractivity contribution in [3.63, 3.8) is 0 Å². The van der Waals surface area contributed by atoms with Gasteiger partial charge in [-0.25, -0.2) is 4.79 Å². The molecular weight excluding hydrogens is 494 g/mol. The molecule has 202 valence electrons. The molecule has 10 nitrogen and oxygen atoms in total. The lowest BCUT2D eigenvalue weighted by atomic mass is 9.86. The minimum absolute atomic E-state index is 0.133. The summed E-state index contributed by atoms with van der Waals surface area (Å²) >= 11 is 0. The van der Waals surface area contributed by atoms with Crippen molar-refractivity contribution in [2.24, 2.45) is 0 Å². The lowest BCUT2D eigenvalue weighted by molar-refractivity contribution is -0.878. The van der Waals surface area contributed by atoms with Gasteiger partial charge in [0.2, 0.25) is 0 Å². The molecule has 3 aromatic carbocycles. The average molecular weight is 526 g/mol. The smallest absolute Gasteiger partial charge is 0.344 e. The average Bonchev–Trinajstić information content (AvgIpc) is 2.85. The van der Waals surface area contributed by atoms with Crippen LogP contribution in [0.15, 0.2) is 39.5 Å². The molecule has 1 fully saturated rings. The number of aromatic hydroxyl groups is 1. The van der Waals surface area contributed by atoms with Crippen molar-refractivity contribution in [1.82, 2.24) is 0 Å². The van der Waals surface area contributed by atoms with Crippen molar-refractivity contribution in [2.75, 3.05) is 28.3 Å². The first-order valence-electron chi connectivity index (χ1n) is 12.2. The zero-order chi connectivity index (χ0) is 27.7. The van der Waals surface area contributed by atoms with E-state index in [0.717, 1.165) is 5.56 Å². The molecule has 5 atom stereocenters. The number of phenolic OH excluding ortho intramolecular Hbond substituents is 1. The summed E-state index contributed by atoms with van der Waals surface area (Å²) in [5.41, 5.74) is 0.690. The summed E-state index contributed by atoms with van der Waals surface area (Å²) in [6, 6.07) is 7.02. The summed E-state index contributed by atoms with van der Waals surface area (Å²) in [6.45, 7) is 3.46. The minimum Gasteiger partial charge on any atom is -0.633 e. The second-order valence-electron chi connectivity index (χ2n) is 10.3. The minimum atomic E-state index is -1.42. The molecule has 0 unspecified atom stereocenters. The molecule has 0 spiro atoms. The first-order valence-corrected chi connectivity index (χ1v) is 12.2. The number of likely N-dealkylation sites (N-methyl/N-ethyl adjacent to an activating group) is 1. The number of quaternary nitrogens is 1. The number of rotatable bonds is 4. The zero-order valence-electron chi connectivity index (χ0n) is 22.0. The fraction of sp³-hybridized carbons (Fsp3) is 0.393. The monoisotopic (exact) mass is 525 g/mol. The summed E-state index contributed by atoms with van der Waals surface area (Å²) < 4.78 is 22.3. The largest absolute Gasteiger partial charge is 0.633 e. The summed E-state index contributed by atoms with van der Waals surface area (Å²) in [5.74, 6) is 0.604. The molecule has 0 aliphatic carbocycles. The molecule has 2 heterocycles. The number of hydroxylamine groups is 3. The molecule has 0 amide bonds. The Morgan fingerprint density at radius 1 is 0.947 bits per heavy atom. The summed E-state index contributed by atoms with van der Waals surface area (Å²) in [6.07, 6.45) is -4.54. The lowest BCUT2D eigenvalue weighted by Crippen LogP contribution is -2.64. The van der Waals surface area contributed by atoms with Crippen LogP contribution in [-0.2, 0) is 4.74 Å². The van der Waals surface area contributed by atoms with Crippen LogP contribution in [0.4, 0.5) is 0 Å². The Kier molecular flexibility index (Phi) is 6.28. The number of nitrogens with zero attached hydrogens (tertiary/aromatic N) is 1. The molecule has 1 aromatic heterocycles. The van der Waals surface area contributed by atoms with Crippen molar-refractivity contribution in [2.45, 2.75) is 44.3 Å². The first-order chi connectivity index (χ1) is 17.9. The maximum atomic E-state index is 13.3. The van der Waals surface area contributed by atoms with Gasteiger partial charge in [-0.15, -0.1) is 0 Å². The third-order valence-electron chi connectivity index (χ3n) is 7.46. The summed E-state index contributed by atoms with van der Waals surface area (Å²) in [4.78, 5) is 13.3. The van der Waals surface area contributed by atoms with Gasteiger partial charge in [-0.1, -0.05) is 6.07 Å². The van der Waals surface area contributed by atoms with Gasteiger partial charge in [0.25, 0.3) is 0 Å². The number of phenols is 1. The molecule has 38 heavy (non-hydrogen) atoms. The number of methoxy groups -OCH3 is 2. The highest BCUT2D eigenvalue weighted by atomic mass is 16.6. The number of hydrogen-bond acceptors (Lipinski definition) is 9.